The van der Waals surface area contributed by atoms with E-state index in [1.807, 2.05) is 68.4 Å². The molecular weight excluding hydrogens is 436 g/mol. The number of hydrogen-bond donors (Lipinski definition) is 0. The Morgan fingerprint density at radius 2 is 1.51 bits per heavy atom. The minimum absolute atomic E-state index is 0.132. The van der Waals surface area contributed by atoms with Crippen molar-refractivity contribution in [1.82, 2.24) is 0 Å². The first-order chi connectivity index (χ1) is 16.2. The standard InChI is InChI=1S/C31H46O4/c1-10-23(8)27(34)31-26(33)18-25(32)30(28(31)35,17-15-22(6)7)19-24(14-13-21(4)5)29(31,9)16-11-12-20(2)3/h12-13,15,23-24H,10-11,14,16-19H2,1-9H3. The molecule has 2 aliphatic carbocycles. The van der Waals surface area contributed by atoms with Crippen molar-refractivity contribution in [3.63, 3.8) is 0 Å². The molecule has 194 valence electrons. The maximum absolute atomic E-state index is 14.6. The Morgan fingerprint density at radius 3 is 2.03 bits per heavy atom. The van der Waals surface area contributed by atoms with Crippen LogP contribution in [0.15, 0.2) is 34.9 Å². The highest BCUT2D eigenvalue weighted by Gasteiger charge is 2.76. The van der Waals surface area contributed by atoms with E-state index in [0.29, 0.717) is 32.1 Å². The molecule has 0 aromatic rings. The average molecular weight is 483 g/mol. The lowest BCUT2D eigenvalue weighted by Gasteiger charge is -2.61. The Kier molecular flexibility index (Phi) is 9.06. The normalized spacial score (nSPS) is 31.0. The second-order valence-electron chi connectivity index (χ2n) is 12.0. The minimum Gasteiger partial charge on any atom is -0.298 e. The number of carbonyl (C=O) groups excluding carboxylic acids is 4. The molecule has 0 amide bonds. The molecular formula is C31H46O4. The van der Waals surface area contributed by atoms with Gasteiger partial charge in [-0.05, 0) is 91.4 Å². The lowest BCUT2D eigenvalue weighted by Crippen LogP contribution is -2.72. The molecule has 0 saturated heterocycles. The summed E-state index contributed by atoms with van der Waals surface area (Å²) in [5.41, 5.74) is -0.578. The van der Waals surface area contributed by atoms with Gasteiger partial charge in [-0.15, -0.1) is 0 Å². The predicted octanol–water partition coefficient (Wildman–Crippen LogP) is 7.17. The third-order valence-corrected chi connectivity index (χ3v) is 8.72. The van der Waals surface area contributed by atoms with E-state index in [2.05, 4.69) is 12.2 Å². The summed E-state index contributed by atoms with van der Waals surface area (Å²) in [5, 5.41) is 0. The van der Waals surface area contributed by atoms with Gasteiger partial charge in [0.1, 0.15) is 0 Å². The van der Waals surface area contributed by atoms with Crippen molar-refractivity contribution in [3.05, 3.63) is 34.9 Å². The van der Waals surface area contributed by atoms with Gasteiger partial charge in [0.15, 0.2) is 28.5 Å². The molecule has 2 fully saturated rings. The maximum Gasteiger partial charge on any atom is 0.168 e. The molecule has 0 radical (unpaired) electrons. The molecule has 5 unspecified atom stereocenters. The molecule has 2 aliphatic rings. The van der Waals surface area contributed by atoms with Crippen LogP contribution in [0.1, 0.15) is 107 Å². The van der Waals surface area contributed by atoms with Gasteiger partial charge in [-0.2, -0.15) is 0 Å². The molecule has 0 heterocycles. The fourth-order valence-corrected chi connectivity index (χ4v) is 6.32. The van der Waals surface area contributed by atoms with Gasteiger partial charge in [0.2, 0.25) is 0 Å². The lowest BCUT2D eigenvalue weighted by atomic mass is 9.37. The van der Waals surface area contributed by atoms with E-state index in [-0.39, 0.29) is 30.3 Å². The van der Waals surface area contributed by atoms with Crippen LogP contribution in [0.25, 0.3) is 0 Å². The van der Waals surface area contributed by atoms with E-state index in [9.17, 15) is 19.2 Å². The molecule has 4 heteroatoms. The van der Waals surface area contributed by atoms with Crippen LogP contribution in [0.3, 0.4) is 0 Å². The van der Waals surface area contributed by atoms with E-state index < -0.39 is 33.7 Å². The molecule has 0 aliphatic heterocycles. The number of Topliss-reactive ketones (excluding diaryl/α,β-unsaturated/α-hetero) is 4. The van der Waals surface area contributed by atoms with Crippen molar-refractivity contribution in [2.75, 3.05) is 0 Å². The lowest BCUT2D eigenvalue weighted by molar-refractivity contribution is -0.186. The Labute approximate surface area is 212 Å². The number of rotatable bonds is 10. The molecule has 5 atom stereocenters. The van der Waals surface area contributed by atoms with Crippen molar-refractivity contribution >= 4 is 23.1 Å². The van der Waals surface area contributed by atoms with Gasteiger partial charge in [-0.1, -0.05) is 55.7 Å². The zero-order chi connectivity index (χ0) is 26.8. The van der Waals surface area contributed by atoms with Gasteiger partial charge in [0.25, 0.3) is 0 Å². The summed E-state index contributed by atoms with van der Waals surface area (Å²) in [6, 6.07) is 0. The van der Waals surface area contributed by atoms with Crippen LogP contribution in [-0.4, -0.2) is 23.1 Å². The molecule has 0 N–H and O–H groups in total. The van der Waals surface area contributed by atoms with Crippen LogP contribution in [0.4, 0.5) is 0 Å². The number of hydrogen-bond acceptors (Lipinski definition) is 4. The van der Waals surface area contributed by atoms with E-state index in [0.717, 1.165) is 11.1 Å². The van der Waals surface area contributed by atoms with Crippen LogP contribution in [-0.2, 0) is 19.2 Å². The van der Waals surface area contributed by atoms with Crippen LogP contribution >= 0.6 is 0 Å². The van der Waals surface area contributed by atoms with Gasteiger partial charge < -0.3 is 0 Å². The highest BCUT2D eigenvalue weighted by Crippen LogP contribution is 2.65. The zero-order valence-corrected chi connectivity index (χ0v) is 23.5. The third-order valence-electron chi connectivity index (χ3n) is 8.72. The van der Waals surface area contributed by atoms with E-state index >= 15 is 0 Å². The van der Waals surface area contributed by atoms with Crippen LogP contribution in [0.5, 0.6) is 0 Å². The molecule has 0 spiro atoms. The van der Waals surface area contributed by atoms with Gasteiger partial charge >= 0.3 is 0 Å². The molecule has 2 bridgehead atoms. The Hall–Kier alpha value is -2.10. The minimum atomic E-state index is -1.76. The first-order valence-corrected chi connectivity index (χ1v) is 13.3. The van der Waals surface area contributed by atoms with Crippen molar-refractivity contribution in [2.45, 2.75) is 107 Å². The summed E-state index contributed by atoms with van der Waals surface area (Å²) < 4.78 is 0. The Morgan fingerprint density at radius 1 is 0.943 bits per heavy atom. The molecule has 2 rings (SSSR count). The van der Waals surface area contributed by atoms with Crippen molar-refractivity contribution in [2.24, 2.45) is 28.1 Å². The van der Waals surface area contributed by atoms with Crippen LogP contribution in [0, 0.1) is 28.1 Å². The molecule has 35 heavy (non-hydrogen) atoms. The monoisotopic (exact) mass is 482 g/mol. The van der Waals surface area contributed by atoms with Gasteiger partial charge in [-0.25, -0.2) is 0 Å². The summed E-state index contributed by atoms with van der Waals surface area (Å²) in [4.78, 5) is 56.4. The fraction of sp³-hybridized carbons (Fsp3) is 0.677. The number of allylic oxidation sites excluding steroid dienone is 6. The molecule has 2 saturated carbocycles. The summed E-state index contributed by atoms with van der Waals surface area (Å²) in [7, 11) is 0. The van der Waals surface area contributed by atoms with Crippen molar-refractivity contribution in [1.29, 1.82) is 0 Å². The summed E-state index contributed by atoms with van der Waals surface area (Å²) in [6.45, 7) is 17.8. The summed E-state index contributed by atoms with van der Waals surface area (Å²) in [6.07, 6.45) is 9.00. The van der Waals surface area contributed by atoms with Crippen molar-refractivity contribution < 1.29 is 19.2 Å². The average Bonchev–Trinajstić information content (AvgIpc) is 2.76. The SMILES string of the molecule is CCC(C)C(=O)C12C(=O)CC(=O)C(CC=C(C)C)(CC(CC=C(C)C)C1(C)CCC=C(C)C)C2=O. The maximum atomic E-state index is 14.6. The second kappa shape index (κ2) is 10.9. The first kappa shape index (κ1) is 29.1. The van der Waals surface area contributed by atoms with E-state index in [1.54, 1.807) is 0 Å². The Bertz CT molecular complexity index is 968. The number of fused-ring (bicyclic) bond motifs is 2. The quantitative estimate of drug-likeness (QED) is 0.244. The first-order valence-electron chi connectivity index (χ1n) is 13.3. The molecule has 4 nitrogen and oxygen atoms in total. The fourth-order valence-electron chi connectivity index (χ4n) is 6.32. The summed E-state index contributed by atoms with van der Waals surface area (Å²) in [5.74, 6) is -2.01. The second-order valence-corrected chi connectivity index (χ2v) is 12.0. The van der Waals surface area contributed by atoms with Crippen LogP contribution in [0.2, 0.25) is 0 Å². The predicted molar refractivity (Wildman–Crippen MR) is 142 cm³/mol. The number of carbonyl (C=O) groups is 4. The van der Waals surface area contributed by atoms with Gasteiger partial charge in [0, 0.05) is 5.92 Å². The van der Waals surface area contributed by atoms with E-state index in [4.69, 9.17) is 0 Å². The van der Waals surface area contributed by atoms with E-state index in [1.165, 1.54) is 5.57 Å². The Balaban J connectivity index is 2.91. The summed E-state index contributed by atoms with van der Waals surface area (Å²) >= 11 is 0. The number of ketones is 4. The van der Waals surface area contributed by atoms with Gasteiger partial charge in [0.05, 0.1) is 11.8 Å². The molecule has 0 aromatic heterocycles. The molecule has 0 aromatic carbocycles. The zero-order valence-electron chi connectivity index (χ0n) is 23.5. The smallest absolute Gasteiger partial charge is 0.168 e. The van der Waals surface area contributed by atoms with Gasteiger partial charge in [-0.3, -0.25) is 19.2 Å². The van der Waals surface area contributed by atoms with Crippen LogP contribution < -0.4 is 0 Å². The third kappa shape index (κ3) is 4.95. The highest BCUT2D eigenvalue weighted by molar-refractivity contribution is 6.37. The topological polar surface area (TPSA) is 68.3 Å². The largest absolute Gasteiger partial charge is 0.298 e. The van der Waals surface area contributed by atoms with Crippen molar-refractivity contribution in [3.8, 4) is 0 Å². The highest BCUT2D eigenvalue weighted by atomic mass is 16.2.